The third-order valence-electron chi connectivity index (χ3n) is 4.28. The Morgan fingerprint density at radius 1 is 1.38 bits per heavy atom. The molecule has 0 aromatic heterocycles. The number of rotatable bonds is 6. The van der Waals surface area contributed by atoms with Crippen LogP contribution in [0.25, 0.3) is 0 Å². The number of anilines is 1. The molecule has 0 unspecified atom stereocenters. The highest BCUT2D eigenvalue weighted by Crippen LogP contribution is 2.50. The molecule has 1 aliphatic carbocycles. The van der Waals surface area contributed by atoms with Gasteiger partial charge in [0, 0.05) is 7.05 Å². The SMILES string of the molecule is CN=CN(C=N)c1cc(C2(C)CC2)cc(C(C)C)c1OC. The Balaban J connectivity index is 2.64. The van der Waals surface area contributed by atoms with Crippen molar-refractivity contribution in [2.24, 2.45) is 4.99 Å². The lowest BCUT2D eigenvalue weighted by Crippen LogP contribution is -2.20. The molecule has 2 rings (SSSR count). The molecule has 1 aromatic carbocycles. The number of hydrogen-bond donors (Lipinski definition) is 1. The minimum absolute atomic E-state index is 0.279. The molecule has 4 nitrogen and oxygen atoms in total. The van der Waals surface area contributed by atoms with Gasteiger partial charge in [-0.3, -0.25) is 15.3 Å². The maximum atomic E-state index is 7.65. The average Bonchev–Trinajstić information content (AvgIpc) is 3.22. The van der Waals surface area contributed by atoms with E-state index < -0.39 is 0 Å². The maximum Gasteiger partial charge on any atom is 0.146 e. The summed E-state index contributed by atoms with van der Waals surface area (Å²) in [5.41, 5.74) is 3.70. The van der Waals surface area contributed by atoms with Gasteiger partial charge in [0.25, 0.3) is 0 Å². The molecule has 0 saturated heterocycles. The predicted octanol–water partition coefficient (Wildman–Crippen LogP) is 3.94. The Labute approximate surface area is 127 Å². The van der Waals surface area contributed by atoms with E-state index in [1.807, 2.05) is 0 Å². The van der Waals surface area contributed by atoms with Gasteiger partial charge >= 0.3 is 0 Å². The zero-order valence-corrected chi connectivity index (χ0v) is 13.6. The van der Waals surface area contributed by atoms with E-state index in [4.69, 9.17) is 10.1 Å². The summed E-state index contributed by atoms with van der Waals surface area (Å²) in [4.78, 5) is 5.74. The molecule has 1 aliphatic rings. The van der Waals surface area contributed by atoms with Gasteiger partial charge in [-0.15, -0.1) is 0 Å². The Kier molecular flexibility index (Phi) is 4.35. The zero-order valence-electron chi connectivity index (χ0n) is 13.6. The molecular weight excluding hydrogens is 262 g/mol. The molecule has 0 spiro atoms. The van der Waals surface area contributed by atoms with Gasteiger partial charge in [-0.05, 0) is 41.4 Å². The molecule has 0 atom stereocenters. The Morgan fingerprint density at radius 3 is 2.48 bits per heavy atom. The fourth-order valence-electron chi connectivity index (χ4n) is 2.59. The number of ether oxygens (including phenoxy) is 1. The van der Waals surface area contributed by atoms with E-state index in [-0.39, 0.29) is 5.41 Å². The van der Waals surface area contributed by atoms with Crippen LogP contribution in [0.1, 0.15) is 50.7 Å². The molecule has 1 saturated carbocycles. The molecule has 0 amide bonds. The monoisotopic (exact) mass is 287 g/mol. The third kappa shape index (κ3) is 2.94. The standard InChI is InChI=1S/C17H25N3O/c1-12(2)14-8-13(17(3)6-7-17)9-15(16(14)21-5)20(10-18)11-19-4/h8-12,18H,6-7H2,1-5H3. The molecular formula is C17H25N3O. The Morgan fingerprint density at radius 2 is 2.05 bits per heavy atom. The molecule has 0 radical (unpaired) electrons. The van der Waals surface area contributed by atoms with E-state index >= 15 is 0 Å². The van der Waals surface area contributed by atoms with Crippen LogP contribution in [0.15, 0.2) is 17.1 Å². The highest BCUT2D eigenvalue weighted by Gasteiger charge is 2.40. The van der Waals surface area contributed by atoms with E-state index in [2.05, 4.69) is 37.9 Å². The summed E-state index contributed by atoms with van der Waals surface area (Å²) in [6, 6.07) is 4.41. The molecule has 1 fully saturated rings. The van der Waals surface area contributed by atoms with Crippen molar-refractivity contribution >= 4 is 18.4 Å². The maximum absolute atomic E-state index is 7.65. The number of methoxy groups -OCH3 is 1. The summed E-state index contributed by atoms with van der Waals surface area (Å²) in [6.07, 6.45) is 5.37. The third-order valence-corrected chi connectivity index (χ3v) is 4.28. The van der Waals surface area contributed by atoms with Gasteiger partial charge in [-0.2, -0.15) is 0 Å². The Hall–Kier alpha value is -1.84. The van der Waals surface area contributed by atoms with Gasteiger partial charge in [0.05, 0.1) is 25.5 Å². The van der Waals surface area contributed by atoms with Gasteiger partial charge in [0.15, 0.2) is 0 Å². The van der Waals surface area contributed by atoms with E-state index in [0.717, 1.165) is 11.4 Å². The quantitative estimate of drug-likeness (QED) is 0.636. The van der Waals surface area contributed by atoms with E-state index in [1.165, 1.54) is 30.3 Å². The Bertz CT molecular complexity index is 559. The number of nitrogens with zero attached hydrogens (tertiary/aromatic N) is 2. The van der Waals surface area contributed by atoms with Crippen molar-refractivity contribution in [1.29, 1.82) is 5.41 Å². The first-order valence-electron chi connectivity index (χ1n) is 7.40. The largest absolute Gasteiger partial charge is 0.494 e. The molecule has 0 aliphatic heterocycles. The van der Waals surface area contributed by atoms with Crippen LogP contribution in [0, 0.1) is 5.41 Å². The molecule has 21 heavy (non-hydrogen) atoms. The summed E-state index contributed by atoms with van der Waals surface area (Å²) in [5.74, 6) is 1.20. The van der Waals surface area contributed by atoms with Crippen molar-refractivity contribution < 1.29 is 4.74 Å². The number of hydrogen-bond acceptors (Lipinski definition) is 3. The van der Waals surface area contributed by atoms with Gasteiger partial charge in [0.2, 0.25) is 0 Å². The van der Waals surface area contributed by atoms with Gasteiger partial charge in [0.1, 0.15) is 5.75 Å². The van der Waals surface area contributed by atoms with Crippen molar-refractivity contribution in [3.63, 3.8) is 0 Å². The van der Waals surface area contributed by atoms with Crippen molar-refractivity contribution in [3.05, 3.63) is 23.3 Å². The smallest absolute Gasteiger partial charge is 0.146 e. The second-order valence-electron chi connectivity index (χ2n) is 6.24. The number of benzene rings is 1. The van der Waals surface area contributed by atoms with Crippen LogP contribution in [0.3, 0.4) is 0 Å². The summed E-state index contributed by atoms with van der Waals surface area (Å²) >= 11 is 0. The van der Waals surface area contributed by atoms with Gasteiger partial charge in [-0.25, -0.2) is 0 Å². The normalized spacial score (nSPS) is 16.3. The molecule has 114 valence electrons. The van der Waals surface area contributed by atoms with E-state index in [0.29, 0.717) is 5.92 Å². The molecule has 0 bridgehead atoms. The van der Waals surface area contributed by atoms with Crippen LogP contribution < -0.4 is 9.64 Å². The molecule has 4 heteroatoms. The first-order chi connectivity index (χ1) is 9.96. The van der Waals surface area contributed by atoms with Crippen LogP contribution >= 0.6 is 0 Å². The second-order valence-corrected chi connectivity index (χ2v) is 6.24. The van der Waals surface area contributed by atoms with Crippen molar-refractivity contribution in [2.45, 2.75) is 44.9 Å². The first-order valence-corrected chi connectivity index (χ1v) is 7.40. The highest BCUT2D eigenvalue weighted by molar-refractivity contribution is 6.00. The van der Waals surface area contributed by atoms with Crippen LogP contribution in [-0.2, 0) is 5.41 Å². The molecule has 1 aromatic rings. The lowest BCUT2D eigenvalue weighted by atomic mass is 9.91. The topological polar surface area (TPSA) is 48.7 Å². The van der Waals surface area contributed by atoms with E-state index in [9.17, 15) is 0 Å². The summed E-state index contributed by atoms with van der Waals surface area (Å²) in [5, 5.41) is 7.65. The van der Waals surface area contributed by atoms with E-state index in [1.54, 1.807) is 25.4 Å². The summed E-state index contributed by atoms with van der Waals surface area (Å²) < 4.78 is 5.65. The van der Waals surface area contributed by atoms with Crippen molar-refractivity contribution in [1.82, 2.24) is 0 Å². The fourth-order valence-corrected chi connectivity index (χ4v) is 2.59. The summed E-state index contributed by atoms with van der Waals surface area (Å²) in [6.45, 7) is 6.64. The summed E-state index contributed by atoms with van der Waals surface area (Å²) in [7, 11) is 3.40. The van der Waals surface area contributed by atoms with Crippen LogP contribution in [0.2, 0.25) is 0 Å². The first kappa shape index (κ1) is 15.5. The van der Waals surface area contributed by atoms with Gasteiger partial charge < -0.3 is 4.74 Å². The number of aliphatic imine (C=N–C) groups is 1. The van der Waals surface area contributed by atoms with Crippen LogP contribution in [0.4, 0.5) is 5.69 Å². The van der Waals surface area contributed by atoms with Crippen LogP contribution in [-0.4, -0.2) is 26.8 Å². The lowest BCUT2D eigenvalue weighted by Gasteiger charge is -2.24. The zero-order chi connectivity index (χ0) is 15.6. The van der Waals surface area contributed by atoms with Crippen LogP contribution in [0.5, 0.6) is 5.75 Å². The lowest BCUT2D eigenvalue weighted by molar-refractivity contribution is 0.408. The minimum atomic E-state index is 0.279. The highest BCUT2D eigenvalue weighted by atomic mass is 16.5. The molecule has 1 N–H and O–H groups in total. The van der Waals surface area contributed by atoms with Crippen molar-refractivity contribution in [3.8, 4) is 5.75 Å². The van der Waals surface area contributed by atoms with Crippen molar-refractivity contribution in [2.75, 3.05) is 19.1 Å². The molecule has 0 heterocycles. The average molecular weight is 287 g/mol. The predicted molar refractivity (Wildman–Crippen MR) is 89.3 cm³/mol. The van der Waals surface area contributed by atoms with Gasteiger partial charge in [-0.1, -0.05) is 26.8 Å². The fraction of sp³-hybridized carbons (Fsp3) is 0.529. The second kappa shape index (κ2) is 5.88. The minimum Gasteiger partial charge on any atom is -0.494 e. The number of nitrogens with one attached hydrogen (secondary N) is 1.